The van der Waals surface area contributed by atoms with Crippen molar-refractivity contribution in [1.29, 1.82) is 0 Å². The van der Waals surface area contributed by atoms with Crippen LogP contribution < -0.4 is 0 Å². The van der Waals surface area contributed by atoms with E-state index >= 15 is 0 Å². The number of carbonyl (C=O) groups is 2. The Morgan fingerprint density at radius 3 is 1.39 bits per heavy atom. The molecule has 2 aliphatic heterocycles. The Hall–Kier alpha value is -4.63. The molecule has 6 rings (SSSR count). The number of para-hydroxylation sites is 2. The minimum Gasteiger partial charge on any atom is -0.507 e. The Morgan fingerprint density at radius 1 is 0.683 bits per heavy atom. The molecular weight excluding hydrogens is 571 g/mol. The molecule has 41 heavy (non-hydrogen) atoms. The predicted octanol–water partition coefficient (Wildman–Crippen LogP) is 5.36. The average Bonchev–Trinajstić information content (AvgIpc) is 3.74. The van der Waals surface area contributed by atoms with E-state index in [0.29, 0.717) is 46.9 Å². The third kappa shape index (κ3) is 6.25. The summed E-state index contributed by atoms with van der Waals surface area (Å²) in [6.45, 7) is 2.93. The van der Waals surface area contributed by atoms with Crippen LogP contribution in [0.25, 0.3) is 0 Å². The molecule has 0 bridgehead atoms. The molecule has 0 radical (unpaired) electrons. The fraction of sp³-hybridized carbons (Fsp3) is 0.200. The molecular formula is C30H28N4NiO6. The SMILES string of the molecule is CC(=O)N1N=C(c2ccccc2O)CC1c1ccco1.CC(=O)N1N=C(c2ccccc2O)CC1c1ccco1.[Ni]. The number of nitrogens with zero attached hydrogens (tertiary/aromatic N) is 4. The van der Waals surface area contributed by atoms with Crippen LogP contribution in [0.2, 0.25) is 0 Å². The number of hydrogen-bond acceptors (Lipinski definition) is 8. The maximum Gasteiger partial charge on any atom is 0.240 e. The summed E-state index contributed by atoms with van der Waals surface area (Å²) in [5, 5.41) is 31.3. The summed E-state index contributed by atoms with van der Waals surface area (Å²) >= 11 is 0. The quantitative estimate of drug-likeness (QED) is 0.304. The van der Waals surface area contributed by atoms with E-state index in [2.05, 4.69) is 10.2 Å². The molecule has 11 heteroatoms. The zero-order valence-corrected chi connectivity index (χ0v) is 23.3. The third-order valence-corrected chi connectivity index (χ3v) is 6.64. The molecule has 4 aromatic rings. The van der Waals surface area contributed by atoms with E-state index in [1.807, 2.05) is 24.3 Å². The van der Waals surface area contributed by atoms with Crippen molar-refractivity contribution < 1.29 is 45.1 Å². The molecule has 2 aromatic heterocycles. The van der Waals surface area contributed by atoms with Gasteiger partial charge in [-0.1, -0.05) is 24.3 Å². The molecule has 0 saturated carbocycles. The zero-order valence-electron chi connectivity index (χ0n) is 22.3. The van der Waals surface area contributed by atoms with E-state index < -0.39 is 0 Å². The van der Waals surface area contributed by atoms with Crippen LogP contribution in [0, 0.1) is 0 Å². The van der Waals surface area contributed by atoms with Gasteiger partial charge in [0.25, 0.3) is 0 Å². The molecule has 0 saturated heterocycles. The van der Waals surface area contributed by atoms with Crippen LogP contribution in [0.1, 0.15) is 61.4 Å². The Bertz CT molecular complexity index is 1450. The first-order valence-corrected chi connectivity index (χ1v) is 12.7. The van der Waals surface area contributed by atoms with Gasteiger partial charge in [0.05, 0.1) is 23.9 Å². The number of hydrazone groups is 2. The number of rotatable bonds is 4. The normalized spacial score (nSPS) is 17.7. The van der Waals surface area contributed by atoms with Crippen molar-refractivity contribution >= 4 is 23.2 Å². The van der Waals surface area contributed by atoms with Crippen molar-refractivity contribution in [2.45, 2.75) is 38.8 Å². The Morgan fingerprint density at radius 2 is 1.07 bits per heavy atom. The van der Waals surface area contributed by atoms with Crippen molar-refractivity contribution in [3.8, 4) is 11.5 Å². The third-order valence-electron chi connectivity index (χ3n) is 6.64. The monoisotopic (exact) mass is 598 g/mol. The number of phenolic OH excluding ortho intramolecular Hbond substituents is 2. The Kier molecular flexibility index (Phi) is 9.09. The standard InChI is InChI=1S/2C15H14N2O3.Ni/c2*1-10(18)17-13(15-7-4-8-20-15)9-12(16-17)11-5-2-3-6-14(11)19;/h2*2-8,13,19H,9H2,1H3;. The molecule has 2 atom stereocenters. The van der Waals surface area contributed by atoms with Crippen molar-refractivity contribution in [2.24, 2.45) is 10.2 Å². The van der Waals surface area contributed by atoms with Gasteiger partial charge in [-0.3, -0.25) is 9.59 Å². The van der Waals surface area contributed by atoms with Crippen LogP contribution in [0.5, 0.6) is 11.5 Å². The van der Waals surface area contributed by atoms with Crippen LogP contribution in [0.15, 0.2) is 104 Å². The van der Waals surface area contributed by atoms with E-state index in [1.54, 1.807) is 61.1 Å². The second-order valence-electron chi connectivity index (χ2n) is 9.33. The summed E-state index contributed by atoms with van der Waals surface area (Å²) in [6, 6.07) is 20.7. The molecule has 2 amide bonds. The molecule has 0 spiro atoms. The topological polar surface area (TPSA) is 132 Å². The fourth-order valence-corrected chi connectivity index (χ4v) is 4.77. The Balaban J connectivity index is 0.000000184. The molecule has 2 unspecified atom stereocenters. The number of benzene rings is 2. The largest absolute Gasteiger partial charge is 0.507 e. The maximum absolute atomic E-state index is 11.7. The zero-order chi connectivity index (χ0) is 28.2. The van der Waals surface area contributed by atoms with E-state index in [0.717, 1.165) is 0 Å². The number of phenols is 2. The van der Waals surface area contributed by atoms with Crippen LogP contribution in [-0.4, -0.2) is 43.5 Å². The van der Waals surface area contributed by atoms with Gasteiger partial charge in [0, 0.05) is 54.3 Å². The second kappa shape index (κ2) is 12.7. The van der Waals surface area contributed by atoms with E-state index in [9.17, 15) is 19.8 Å². The summed E-state index contributed by atoms with van der Waals surface area (Å²) in [5.41, 5.74) is 2.65. The van der Waals surface area contributed by atoms with Crippen molar-refractivity contribution in [3.05, 3.63) is 108 Å². The fourth-order valence-electron chi connectivity index (χ4n) is 4.77. The molecule has 214 valence electrons. The second-order valence-corrected chi connectivity index (χ2v) is 9.33. The molecule has 4 heterocycles. The van der Waals surface area contributed by atoms with Gasteiger partial charge in [0.15, 0.2) is 0 Å². The number of aromatic hydroxyl groups is 2. The van der Waals surface area contributed by atoms with Gasteiger partial charge in [0.2, 0.25) is 11.8 Å². The first-order chi connectivity index (χ1) is 19.3. The van der Waals surface area contributed by atoms with Gasteiger partial charge in [-0.05, 0) is 48.5 Å². The first kappa shape index (κ1) is 29.4. The summed E-state index contributed by atoms with van der Waals surface area (Å²) in [5.74, 6) is 1.39. The minimum atomic E-state index is -0.253. The summed E-state index contributed by atoms with van der Waals surface area (Å²) in [6.07, 6.45) is 4.19. The number of hydrogen-bond donors (Lipinski definition) is 2. The van der Waals surface area contributed by atoms with E-state index in [4.69, 9.17) is 8.83 Å². The van der Waals surface area contributed by atoms with Crippen LogP contribution in [0.3, 0.4) is 0 Å². The summed E-state index contributed by atoms with van der Waals surface area (Å²) in [7, 11) is 0. The maximum atomic E-state index is 11.7. The van der Waals surface area contributed by atoms with Crippen LogP contribution in [-0.2, 0) is 26.1 Å². The molecule has 2 N–H and O–H groups in total. The molecule has 2 aromatic carbocycles. The number of furan rings is 2. The smallest absolute Gasteiger partial charge is 0.240 e. The van der Waals surface area contributed by atoms with Gasteiger partial charge in [-0.25, -0.2) is 10.0 Å². The van der Waals surface area contributed by atoms with Crippen molar-refractivity contribution in [1.82, 2.24) is 10.0 Å². The minimum absolute atomic E-state index is 0. The van der Waals surface area contributed by atoms with Gasteiger partial charge < -0.3 is 19.0 Å². The summed E-state index contributed by atoms with van der Waals surface area (Å²) in [4.78, 5) is 23.5. The van der Waals surface area contributed by atoms with E-state index in [1.165, 1.54) is 23.9 Å². The van der Waals surface area contributed by atoms with Crippen LogP contribution >= 0.6 is 0 Å². The molecule has 0 aliphatic carbocycles. The van der Waals surface area contributed by atoms with Gasteiger partial charge >= 0.3 is 0 Å². The van der Waals surface area contributed by atoms with E-state index in [-0.39, 0.29) is 51.9 Å². The number of carbonyl (C=O) groups excluding carboxylic acids is 2. The molecule has 2 aliphatic rings. The molecule has 10 nitrogen and oxygen atoms in total. The number of amides is 2. The molecule has 0 fully saturated rings. The van der Waals surface area contributed by atoms with Gasteiger partial charge in [0.1, 0.15) is 35.1 Å². The van der Waals surface area contributed by atoms with Gasteiger partial charge in [-0.2, -0.15) is 10.2 Å². The first-order valence-electron chi connectivity index (χ1n) is 12.7. The van der Waals surface area contributed by atoms with Crippen molar-refractivity contribution in [2.75, 3.05) is 0 Å². The predicted molar refractivity (Wildman–Crippen MR) is 146 cm³/mol. The Labute approximate surface area is 246 Å². The van der Waals surface area contributed by atoms with Crippen LogP contribution in [0.4, 0.5) is 0 Å². The van der Waals surface area contributed by atoms with Crippen molar-refractivity contribution in [3.63, 3.8) is 0 Å². The van der Waals surface area contributed by atoms with Gasteiger partial charge in [-0.15, -0.1) is 0 Å². The average molecular weight is 599 g/mol. The summed E-state index contributed by atoms with van der Waals surface area (Å²) < 4.78 is 10.8.